The molecule has 2 heterocycles. The van der Waals surface area contributed by atoms with Crippen LogP contribution in [0.15, 0.2) is 216 Å². The second-order valence-electron chi connectivity index (χ2n) is 16.5. The van der Waals surface area contributed by atoms with Crippen molar-refractivity contribution in [3.63, 3.8) is 0 Å². The van der Waals surface area contributed by atoms with Gasteiger partial charge in [0, 0.05) is 58.1 Å². The van der Waals surface area contributed by atoms with Crippen LogP contribution in [-0.4, -0.2) is 0 Å². The van der Waals surface area contributed by atoms with Gasteiger partial charge in [0.2, 0.25) is 0 Å². The number of fused-ring (bicyclic) bond motifs is 8. The maximum absolute atomic E-state index is 2.42. The Labute approximate surface area is 365 Å². The summed E-state index contributed by atoms with van der Waals surface area (Å²) in [6, 6.07) is 76.0. The van der Waals surface area contributed by atoms with Gasteiger partial charge in [-0.05, 0) is 123 Å². The zero-order chi connectivity index (χ0) is 40.7. The summed E-state index contributed by atoms with van der Waals surface area (Å²) in [5.74, 6) is 0. The van der Waals surface area contributed by atoms with Gasteiger partial charge in [-0.1, -0.05) is 153 Å². The fourth-order valence-corrected chi connectivity index (χ4v) is 12.0. The molecule has 0 fully saturated rings. The molecule has 0 radical (unpaired) electrons. The molecule has 0 unspecified atom stereocenters. The normalized spacial score (nSPS) is 13.4. The number of rotatable bonds is 6. The highest BCUT2D eigenvalue weighted by Crippen LogP contribution is 2.53. The van der Waals surface area contributed by atoms with Crippen LogP contribution in [0, 0.1) is 0 Å². The maximum atomic E-state index is 2.42. The van der Waals surface area contributed by atoms with E-state index < -0.39 is 0 Å². The van der Waals surface area contributed by atoms with E-state index in [-0.39, 0.29) is 5.41 Å². The summed E-state index contributed by atoms with van der Waals surface area (Å²) in [5, 5.41) is 2.65. The molecule has 2 nitrogen and oxygen atoms in total. The lowest BCUT2D eigenvalue weighted by Gasteiger charge is -2.33. The number of anilines is 6. The van der Waals surface area contributed by atoms with Crippen LogP contribution in [-0.2, 0) is 5.41 Å². The molecule has 0 saturated carbocycles. The van der Waals surface area contributed by atoms with Crippen LogP contribution in [0.3, 0.4) is 0 Å². The number of hydrogen-bond acceptors (Lipinski definition) is 4. The maximum Gasteiger partial charge on any atom is 0.0602 e. The van der Waals surface area contributed by atoms with Gasteiger partial charge in [-0.25, -0.2) is 0 Å². The molecule has 4 heteroatoms. The van der Waals surface area contributed by atoms with E-state index in [4.69, 9.17) is 0 Å². The first-order valence-electron chi connectivity index (χ1n) is 20.9. The molecule has 0 N–H and O–H groups in total. The SMILES string of the molecule is CC1(C)c2ccccc2-c2ccc(N(c3ccc(-c4ccc5c(c4)Sc4ccccc4N5c4ccccc4)cc3)c3ccc(-c4cccc5c4sc4ccccc45)cc3)cc21. The number of hydrogen-bond donors (Lipinski definition) is 0. The average Bonchev–Trinajstić information content (AvgIpc) is 3.81. The molecule has 0 amide bonds. The Morgan fingerprint density at radius 1 is 0.426 bits per heavy atom. The molecule has 2 aliphatic rings. The van der Waals surface area contributed by atoms with Crippen molar-refractivity contribution < 1.29 is 0 Å². The van der Waals surface area contributed by atoms with Crippen LogP contribution in [0.5, 0.6) is 0 Å². The van der Waals surface area contributed by atoms with E-state index in [0.29, 0.717) is 0 Å². The van der Waals surface area contributed by atoms with Crippen molar-refractivity contribution in [1.29, 1.82) is 0 Å². The Morgan fingerprint density at radius 3 is 1.89 bits per heavy atom. The molecule has 0 atom stereocenters. The van der Waals surface area contributed by atoms with Crippen LogP contribution >= 0.6 is 23.1 Å². The number of nitrogens with zero attached hydrogens (tertiary/aromatic N) is 2. The van der Waals surface area contributed by atoms with Gasteiger partial charge in [0.15, 0.2) is 0 Å². The van der Waals surface area contributed by atoms with Crippen molar-refractivity contribution in [2.75, 3.05) is 9.80 Å². The highest BCUT2D eigenvalue weighted by molar-refractivity contribution is 7.99. The summed E-state index contributed by atoms with van der Waals surface area (Å²) >= 11 is 3.73. The molecule has 0 saturated heterocycles. The predicted molar refractivity (Wildman–Crippen MR) is 261 cm³/mol. The highest BCUT2D eigenvalue weighted by atomic mass is 32.2. The van der Waals surface area contributed by atoms with Crippen molar-refractivity contribution in [3.8, 4) is 33.4 Å². The second kappa shape index (κ2) is 14.1. The third-order valence-corrected chi connectivity index (χ3v) is 15.0. The van der Waals surface area contributed by atoms with Gasteiger partial charge in [-0.2, -0.15) is 0 Å². The van der Waals surface area contributed by atoms with Crippen LogP contribution in [0.25, 0.3) is 53.6 Å². The van der Waals surface area contributed by atoms with E-state index in [1.807, 2.05) is 23.1 Å². The first-order valence-corrected chi connectivity index (χ1v) is 22.5. The molecule has 9 aromatic carbocycles. The van der Waals surface area contributed by atoms with Gasteiger partial charge in [0.25, 0.3) is 0 Å². The van der Waals surface area contributed by atoms with Crippen molar-refractivity contribution in [2.45, 2.75) is 29.1 Å². The highest BCUT2D eigenvalue weighted by Gasteiger charge is 2.36. The number of para-hydroxylation sites is 2. The van der Waals surface area contributed by atoms with Crippen molar-refractivity contribution >= 4 is 77.4 Å². The number of thiophene rings is 1. The summed E-state index contributed by atoms with van der Waals surface area (Å²) in [7, 11) is 0. The summed E-state index contributed by atoms with van der Waals surface area (Å²) in [6.45, 7) is 4.72. The van der Waals surface area contributed by atoms with Gasteiger partial charge >= 0.3 is 0 Å². The summed E-state index contributed by atoms with van der Waals surface area (Å²) in [4.78, 5) is 7.31. The minimum atomic E-state index is -0.106. The first-order chi connectivity index (χ1) is 30.0. The van der Waals surface area contributed by atoms with Crippen molar-refractivity contribution in [1.82, 2.24) is 0 Å². The van der Waals surface area contributed by atoms with Crippen molar-refractivity contribution in [2.24, 2.45) is 0 Å². The Hall–Kier alpha value is -6.85. The van der Waals surface area contributed by atoms with Gasteiger partial charge in [-0.3, -0.25) is 0 Å². The zero-order valence-corrected chi connectivity index (χ0v) is 35.5. The molecular weight excluding hydrogens is 777 g/mol. The second-order valence-corrected chi connectivity index (χ2v) is 18.7. The fourth-order valence-electron chi connectivity index (χ4n) is 9.64. The average molecular weight is 817 g/mol. The van der Waals surface area contributed by atoms with Crippen LogP contribution in [0.2, 0.25) is 0 Å². The number of benzene rings is 9. The third kappa shape index (κ3) is 5.85. The van der Waals surface area contributed by atoms with Crippen LogP contribution in [0.4, 0.5) is 34.1 Å². The van der Waals surface area contributed by atoms with E-state index in [1.54, 1.807) is 0 Å². The third-order valence-electron chi connectivity index (χ3n) is 12.7. The van der Waals surface area contributed by atoms with E-state index in [9.17, 15) is 0 Å². The Kier molecular flexibility index (Phi) is 8.35. The lowest BCUT2D eigenvalue weighted by molar-refractivity contribution is 0.660. The first kappa shape index (κ1) is 36.0. The Bertz CT molecular complexity index is 3310. The molecule has 1 aliphatic heterocycles. The standard InChI is InChI=1S/C57H40N2S2/c1-57(2)49-19-8-6-15-45(49)46-33-32-43(36-50(46)57)58(42-30-25-38(26-31-42)44-17-12-18-48-47-16-7-10-21-53(47)61-56(44)48)41-28-23-37(24-29-41)39-27-34-52-55(35-39)60-54-22-11-9-20-51(54)59(52)40-13-4-3-5-14-40/h3-36H,1-2H3. The van der Waals surface area contributed by atoms with E-state index in [0.717, 1.165) is 22.7 Å². The molecule has 12 rings (SSSR count). The molecule has 1 aromatic heterocycles. The molecule has 290 valence electrons. The Morgan fingerprint density at radius 2 is 1.05 bits per heavy atom. The minimum Gasteiger partial charge on any atom is -0.310 e. The molecule has 0 spiro atoms. The quantitative estimate of drug-likeness (QED) is 0.165. The smallest absolute Gasteiger partial charge is 0.0602 e. The minimum absolute atomic E-state index is 0.106. The van der Waals surface area contributed by atoms with Crippen LogP contribution < -0.4 is 9.80 Å². The summed E-state index contributed by atoms with van der Waals surface area (Å²) < 4.78 is 2.66. The van der Waals surface area contributed by atoms with E-state index >= 15 is 0 Å². The molecule has 1 aliphatic carbocycles. The summed E-state index contributed by atoms with van der Waals surface area (Å²) in [6.07, 6.45) is 0. The van der Waals surface area contributed by atoms with Gasteiger partial charge in [-0.15, -0.1) is 11.3 Å². The molecular formula is C57H40N2S2. The lowest BCUT2D eigenvalue weighted by atomic mass is 9.82. The topological polar surface area (TPSA) is 6.48 Å². The fraction of sp³-hybridized carbons (Fsp3) is 0.0526. The van der Waals surface area contributed by atoms with Crippen LogP contribution in [0.1, 0.15) is 25.0 Å². The molecule has 0 bridgehead atoms. The largest absolute Gasteiger partial charge is 0.310 e. The molecule has 61 heavy (non-hydrogen) atoms. The predicted octanol–water partition coefficient (Wildman–Crippen LogP) is 17.1. The zero-order valence-electron chi connectivity index (χ0n) is 33.8. The van der Waals surface area contributed by atoms with Gasteiger partial charge < -0.3 is 9.80 Å². The van der Waals surface area contributed by atoms with Gasteiger partial charge in [0.05, 0.1) is 11.4 Å². The Balaban J connectivity index is 0.939. The van der Waals surface area contributed by atoms with E-state index in [2.05, 4.69) is 230 Å². The monoisotopic (exact) mass is 816 g/mol. The van der Waals surface area contributed by atoms with E-state index in [1.165, 1.54) is 85.8 Å². The lowest BCUT2D eigenvalue weighted by Crippen LogP contribution is -2.16. The van der Waals surface area contributed by atoms with Gasteiger partial charge in [0.1, 0.15) is 0 Å². The molecule has 10 aromatic rings. The van der Waals surface area contributed by atoms with Crippen molar-refractivity contribution in [3.05, 3.63) is 217 Å². The summed E-state index contributed by atoms with van der Waals surface area (Å²) in [5.41, 5.74) is 17.2.